The van der Waals surface area contributed by atoms with Crippen LogP contribution in [0.1, 0.15) is 84.1 Å². The highest BCUT2D eigenvalue weighted by Gasteiger charge is 2.36. The summed E-state index contributed by atoms with van der Waals surface area (Å²) in [6.07, 6.45) is 8.17. The molecule has 0 spiro atoms. The number of hydrogen-bond acceptors (Lipinski definition) is 6. The van der Waals surface area contributed by atoms with Crippen molar-refractivity contribution < 1.29 is 19.4 Å². The average molecular weight is 482 g/mol. The first kappa shape index (κ1) is 25.4. The average Bonchev–Trinajstić information content (AvgIpc) is 2.74. The Morgan fingerprint density at radius 2 is 1.83 bits per heavy atom. The van der Waals surface area contributed by atoms with E-state index < -0.39 is 17.7 Å². The predicted molar refractivity (Wildman–Crippen MR) is 137 cm³/mol. The molecule has 1 saturated heterocycles. The van der Waals surface area contributed by atoms with Gasteiger partial charge in [-0.25, -0.2) is 4.79 Å². The highest BCUT2D eigenvalue weighted by Crippen LogP contribution is 2.43. The van der Waals surface area contributed by atoms with Crippen LogP contribution in [0.4, 0.5) is 5.69 Å². The van der Waals surface area contributed by atoms with Crippen molar-refractivity contribution in [1.29, 1.82) is 0 Å². The number of carboxylic acids is 1. The zero-order chi connectivity index (χ0) is 25.4. The van der Waals surface area contributed by atoms with Gasteiger partial charge in [0.05, 0.1) is 29.3 Å². The Labute approximate surface area is 208 Å². The first-order valence-electron chi connectivity index (χ1n) is 12.7. The molecule has 190 valence electrons. The number of aromatic nitrogens is 2. The standard InChI is InChI=1S/C28H39N3O4/c1-18-23(25(26(32)33)35-27(2,3)4)24(31-14-12-28(5,6)13-15-31)21(17-29-18)22-11-10-20(16-30-22)34-19-8-7-9-19/h10-11,16-17,19,25H,7-9,12-15H2,1-6H3,(H,32,33)/t25-/m0/s1. The van der Waals surface area contributed by atoms with E-state index >= 15 is 0 Å². The Morgan fingerprint density at radius 1 is 1.14 bits per heavy atom. The van der Waals surface area contributed by atoms with Crippen molar-refractivity contribution in [2.75, 3.05) is 18.0 Å². The van der Waals surface area contributed by atoms with Crippen LogP contribution >= 0.6 is 0 Å². The van der Waals surface area contributed by atoms with E-state index in [0.717, 1.165) is 61.5 Å². The highest BCUT2D eigenvalue weighted by atomic mass is 16.5. The van der Waals surface area contributed by atoms with Gasteiger partial charge in [-0.05, 0) is 77.3 Å². The Bertz CT molecular complexity index is 1050. The summed E-state index contributed by atoms with van der Waals surface area (Å²) in [7, 11) is 0. The molecule has 2 aromatic rings. The lowest BCUT2D eigenvalue weighted by Crippen LogP contribution is -2.39. The maximum Gasteiger partial charge on any atom is 0.337 e. The quantitative estimate of drug-likeness (QED) is 0.523. The molecule has 0 unspecified atom stereocenters. The van der Waals surface area contributed by atoms with Gasteiger partial charge < -0.3 is 19.5 Å². The van der Waals surface area contributed by atoms with Gasteiger partial charge in [0, 0.05) is 36.1 Å². The number of carboxylic acid groups (broad SMARTS) is 1. The number of nitrogens with zero attached hydrogens (tertiary/aromatic N) is 3. The molecule has 2 aromatic heterocycles. The first-order valence-corrected chi connectivity index (χ1v) is 12.7. The van der Waals surface area contributed by atoms with Crippen molar-refractivity contribution >= 4 is 11.7 Å². The monoisotopic (exact) mass is 481 g/mol. The number of ether oxygens (including phenoxy) is 2. The lowest BCUT2D eigenvalue weighted by molar-refractivity contribution is -0.160. The van der Waals surface area contributed by atoms with E-state index in [2.05, 4.69) is 23.7 Å². The molecule has 1 saturated carbocycles. The molecule has 3 heterocycles. The van der Waals surface area contributed by atoms with Gasteiger partial charge in [0.15, 0.2) is 6.10 Å². The second-order valence-corrected chi connectivity index (χ2v) is 11.7. The van der Waals surface area contributed by atoms with Crippen LogP contribution in [-0.4, -0.2) is 45.8 Å². The van der Waals surface area contributed by atoms with Crippen LogP contribution in [0.25, 0.3) is 11.3 Å². The van der Waals surface area contributed by atoms with Crippen LogP contribution in [0.3, 0.4) is 0 Å². The molecule has 35 heavy (non-hydrogen) atoms. The molecule has 0 radical (unpaired) electrons. The maximum absolute atomic E-state index is 12.5. The van der Waals surface area contributed by atoms with E-state index in [1.165, 1.54) is 6.42 Å². The normalized spacial score (nSPS) is 19.2. The lowest BCUT2D eigenvalue weighted by Gasteiger charge is -2.40. The molecule has 1 aliphatic heterocycles. The van der Waals surface area contributed by atoms with Gasteiger partial charge in [0.1, 0.15) is 5.75 Å². The number of anilines is 1. The van der Waals surface area contributed by atoms with Crippen molar-refractivity contribution in [3.8, 4) is 17.0 Å². The molecule has 7 heteroatoms. The highest BCUT2D eigenvalue weighted by molar-refractivity contribution is 5.85. The molecule has 1 atom stereocenters. The largest absolute Gasteiger partial charge is 0.489 e. The van der Waals surface area contributed by atoms with Crippen LogP contribution in [0.15, 0.2) is 24.5 Å². The molecular formula is C28H39N3O4. The fraction of sp³-hybridized carbons (Fsp3) is 0.607. The number of aryl methyl sites for hydroxylation is 1. The van der Waals surface area contributed by atoms with Gasteiger partial charge in [-0.2, -0.15) is 0 Å². The van der Waals surface area contributed by atoms with Crippen LogP contribution in [0, 0.1) is 12.3 Å². The molecule has 1 N–H and O–H groups in total. The number of aliphatic carboxylic acids is 1. The first-order chi connectivity index (χ1) is 16.4. The number of carbonyl (C=O) groups is 1. The summed E-state index contributed by atoms with van der Waals surface area (Å²) < 4.78 is 12.1. The van der Waals surface area contributed by atoms with E-state index in [0.29, 0.717) is 11.3 Å². The van der Waals surface area contributed by atoms with Crippen LogP contribution in [-0.2, 0) is 9.53 Å². The van der Waals surface area contributed by atoms with Crippen LogP contribution < -0.4 is 9.64 Å². The summed E-state index contributed by atoms with van der Waals surface area (Å²) in [6, 6.07) is 3.89. The summed E-state index contributed by atoms with van der Waals surface area (Å²) >= 11 is 0. The van der Waals surface area contributed by atoms with Crippen molar-refractivity contribution in [3.05, 3.63) is 35.8 Å². The van der Waals surface area contributed by atoms with Crippen LogP contribution in [0.2, 0.25) is 0 Å². The zero-order valence-electron chi connectivity index (χ0n) is 21.9. The fourth-order valence-electron chi connectivity index (χ4n) is 4.66. The number of pyridine rings is 2. The summed E-state index contributed by atoms with van der Waals surface area (Å²) in [5, 5.41) is 10.2. The van der Waals surface area contributed by atoms with Crippen molar-refractivity contribution in [1.82, 2.24) is 9.97 Å². The van der Waals surface area contributed by atoms with Crippen molar-refractivity contribution in [2.45, 2.75) is 91.5 Å². The molecule has 2 fully saturated rings. The summed E-state index contributed by atoms with van der Waals surface area (Å²) in [4.78, 5) is 24.1. The second-order valence-electron chi connectivity index (χ2n) is 11.7. The number of piperidine rings is 1. The Morgan fingerprint density at radius 3 is 2.34 bits per heavy atom. The third-order valence-corrected chi connectivity index (χ3v) is 7.05. The fourth-order valence-corrected chi connectivity index (χ4v) is 4.66. The SMILES string of the molecule is Cc1ncc(-c2ccc(OC3CCC3)cn2)c(N2CCC(C)(C)CC2)c1[C@H](OC(C)(C)C)C(=O)O. The molecule has 1 aliphatic carbocycles. The van der Waals surface area contributed by atoms with Gasteiger partial charge in [-0.1, -0.05) is 13.8 Å². The Balaban J connectivity index is 1.80. The zero-order valence-corrected chi connectivity index (χ0v) is 21.9. The molecular weight excluding hydrogens is 442 g/mol. The molecule has 0 bridgehead atoms. The number of rotatable bonds is 7. The van der Waals surface area contributed by atoms with E-state index in [-0.39, 0.29) is 11.5 Å². The molecule has 4 rings (SSSR count). The van der Waals surface area contributed by atoms with E-state index in [9.17, 15) is 9.90 Å². The van der Waals surface area contributed by atoms with Gasteiger partial charge >= 0.3 is 5.97 Å². The predicted octanol–water partition coefficient (Wildman–Crippen LogP) is 5.95. The van der Waals surface area contributed by atoms with Crippen LogP contribution in [0.5, 0.6) is 5.75 Å². The summed E-state index contributed by atoms with van der Waals surface area (Å²) in [6.45, 7) is 13.7. The van der Waals surface area contributed by atoms with Gasteiger partial charge in [0.25, 0.3) is 0 Å². The third-order valence-electron chi connectivity index (χ3n) is 7.05. The molecule has 7 nitrogen and oxygen atoms in total. The van der Waals surface area contributed by atoms with Gasteiger partial charge in [0.2, 0.25) is 0 Å². The maximum atomic E-state index is 12.5. The summed E-state index contributed by atoms with van der Waals surface area (Å²) in [5.41, 5.74) is 3.34. The lowest BCUT2D eigenvalue weighted by atomic mass is 9.82. The van der Waals surface area contributed by atoms with Gasteiger partial charge in [-0.15, -0.1) is 0 Å². The third kappa shape index (κ3) is 5.95. The van der Waals surface area contributed by atoms with E-state index in [4.69, 9.17) is 14.5 Å². The van der Waals surface area contributed by atoms with E-state index in [1.54, 1.807) is 6.20 Å². The minimum atomic E-state index is -1.13. The minimum absolute atomic E-state index is 0.256. The number of hydrogen-bond donors (Lipinski definition) is 1. The van der Waals surface area contributed by atoms with Gasteiger partial charge in [-0.3, -0.25) is 9.97 Å². The second kappa shape index (κ2) is 9.76. The summed E-state index contributed by atoms with van der Waals surface area (Å²) in [5.74, 6) is -0.253. The molecule has 0 amide bonds. The minimum Gasteiger partial charge on any atom is -0.489 e. The smallest absolute Gasteiger partial charge is 0.337 e. The van der Waals surface area contributed by atoms with E-state index in [1.807, 2.05) is 46.0 Å². The molecule has 0 aromatic carbocycles. The van der Waals surface area contributed by atoms with Crippen molar-refractivity contribution in [2.24, 2.45) is 5.41 Å². The Hall–Kier alpha value is -2.67. The Kier molecular flexibility index (Phi) is 7.09. The molecule has 2 aliphatic rings. The van der Waals surface area contributed by atoms with Crippen molar-refractivity contribution in [3.63, 3.8) is 0 Å². The topological polar surface area (TPSA) is 84.8 Å².